The van der Waals surface area contributed by atoms with Crippen LogP contribution >= 0.6 is 0 Å². The van der Waals surface area contributed by atoms with Crippen molar-refractivity contribution < 1.29 is 9.84 Å². The van der Waals surface area contributed by atoms with Crippen molar-refractivity contribution in [1.29, 1.82) is 0 Å². The van der Waals surface area contributed by atoms with Gasteiger partial charge in [-0.25, -0.2) is 0 Å². The fraction of sp³-hybridized carbons (Fsp3) is 0.947. The summed E-state index contributed by atoms with van der Waals surface area (Å²) < 4.78 is 5.55. The third-order valence-electron chi connectivity index (χ3n) is 5.56. The lowest BCUT2D eigenvalue weighted by molar-refractivity contribution is 0.131. The number of likely N-dealkylation sites (tertiary alicyclic amines) is 1. The minimum Gasteiger partial charge on any atom is -0.396 e. The van der Waals surface area contributed by atoms with Gasteiger partial charge in [-0.3, -0.25) is 4.99 Å². The van der Waals surface area contributed by atoms with E-state index in [4.69, 9.17) is 9.73 Å². The van der Waals surface area contributed by atoms with Crippen LogP contribution in [-0.4, -0.2) is 75.1 Å². The average Bonchev–Trinajstić information content (AvgIpc) is 3.07. The molecule has 2 fully saturated rings. The maximum atomic E-state index is 9.33. The van der Waals surface area contributed by atoms with Crippen LogP contribution in [0.3, 0.4) is 0 Å². The first-order chi connectivity index (χ1) is 12.2. The minimum absolute atomic E-state index is 0.0155. The SMILES string of the molecule is CCNC(=NCC1(CCO)CCOC1)NCCCN1CCC(C)CC1. The molecule has 2 aliphatic rings. The summed E-state index contributed by atoms with van der Waals surface area (Å²) in [6.07, 6.45) is 5.58. The first-order valence-corrected chi connectivity index (χ1v) is 10.1. The van der Waals surface area contributed by atoms with Gasteiger partial charge in [0.2, 0.25) is 0 Å². The summed E-state index contributed by atoms with van der Waals surface area (Å²) in [6.45, 7) is 12.3. The van der Waals surface area contributed by atoms with Crippen LogP contribution in [-0.2, 0) is 4.74 Å². The molecule has 25 heavy (non-hydrogen) atoms. The van der Waals surface area contributed by atoms with Gasteiger partial charge in [0.05, 0.1) is 13.2 Å². The molecule has 6 nitrogen and oxygen atoms in total. The van der Waals surface area contributed by atoms with Crippen molar-refractivity contribution in [2.45, 2.75) is 46.0 Å². The van der Waals surface area contributed by atoms with Gasteiger partial charge in [-0.1, -0.05) is 6.92 Å². The van der Waals surface area contributed by atoms with Crippen molar-refractivity contribution in [3.63, 3.8) is 0 Å². The van der Waals surface area contributed by atoms with E-state index in [1.165, 1.54) is 32.5 Å². The molecule has 0 aliphatic carbocycles. The van der Waals surface area contributed by atoms with Crippen LogP contribution in [0.25, 0.3) is 0 Å². The van der Waals surface area contributed by atoms with E-state index >= 15 is 0 Å². The molecule has 0 radical (unpaired) electrons. The Kier molecular flexibility index (Phi) is 8.99. The highest BCUT2D eigenvalue weighted by molar-refractivity contribution is 5.79. The number of rotatable bonds is 9. The second-order valence-electron chi connectivity index (χ2n) is 7.78. The fourth-order valence-electron chi connectivity index (χ4n) is 3.67. The van der Waals surface area contributed by atoms with Gasteiger partial charge in [0.1, 0.15) is 0 Å². The van der Waals surface area contributed by atoms with Gasteiger partial charge < -0.3 is 25.4 Å². The highest BCUT2D eigenvalue weighted by atomic mass is 16.5. The number of hydrogen-bond acceptors (Lipinski definition) is 4. The van der Waals surface area contributed by atoms with Crippen molar-refractivity contribution in [2.24, 2.45) is 16.3 Å². The number of ether oxygens (including phenoxy) is 1. The Morgan fingerprint density at radius 1 is 1.32 bits per heavy atom. The smallest absolute Gasteiger partial charge is 0.191 e. The molecule has 2 heterocycles. The Balaban J connectivity index is 1.71. The molecule has 2 aliphatic heterocycles. The van der Waals surface area contributed by atoms with Crippen LogP contribution in [0.2, 0.25) is 0 Å². The zero-order valence-corrected chi connectivity index (χ0v) is 16.2. The summed E-state index contributed by atoms with van der Waals surface area (Å²) in [6, 6.07) is 0. The molecule has 146 valence electrons. The number of aliphatic imine (C=N–C) groups is 1. The number of nitrogens with zero attached hydrogens (tertiary/aromatic N) is 2. The van der Waals surface area contributed by atoms with Crippen molar-refractivity contribution in [1.82, 2.24) is 15.5 Å². The maximum absolute atomic E-state index is 9.33. The fourth-order valence-corrected chi connectivity index (χ4v) is 3.67. The van der Waals surface area contributed by atoms with Gasteiger partial charge in [-0.2, -0.15) is 0 Å². The Bertz CT molecular complexity index is 389. The van der Waals surface area contributed by atoms with E-state index in [2.05, 4.69) is 29.4 Å². The molecule has 0 saturated carbocycles. The third-order valence-corrected chi connectivity index (χ3v) is 5.56. The van der Waals surface area contributed by atoms with Crippen LogP contribution in [0.4, 0.5) is 0 Å². The molecule has 0 bridgehead atoms. The molecule has 2 rings (SSSR count). The van der Waals surface area contributed by atoms with E-state index in [-0.39, 0.29) is 12.0 Å². The first kappa shape index (κ1) is 20.5. The number of aliphatic hydroxyl groups is 1. The van der Waals surface area contributed by atoms with Gasteiger partial charge >= 0.3 is 0 Å². The number of guanidine groups is 1. The average molecular weight is 355 g/mol. The van der Waals surface area contributed by atoms with E-state index in [9.17, 15) is 5.11 Å². The Morgan fingerprint density at radius 2 is 2.12 bits per heavy atom. The number of piperidine rings is 1. The van der Waals surface area contributed by atoms with Crippen LogP contribution in [0.5, 0.6) is 0 Å². The lowest BCUT2D eigenvalue weighted by Crippen LogP contribution is -2.40. The van der Waals surface area contributed by atoms with E-state index in [1.54, 1.807) is 0 Å². The van der Waals surface area contributed by atoms with Crippen molar-refractivity contribution in [3.05, 3.63) is 0 Å². The monoisotopic (exact) mass is 354 g/mol. The lowest BCUT2D eigenvalue weighted by Gasteiger charge is -2.30. The van der Waals surface area contributed by atoms with Gasteiger partial charge in [-0.05, 0) is 64.6 Å². The Morgan fingerprint density at radius 3 is 2.76 bits per heavy atom. The molecule has 2 saturated heterocycles. The molecule has 0 aromatic heterocycles. The molecular formula is C19H38N4O2. The molecule has 1 atom stereocenters. The zero-order chi connectivity index (χ0) is 18.0. The summed E-state index contributed by atoms with van der Waals surface area (Å²) in [5, 5.41) is 16.1. The summed E-state index contributed by atoms with van der Waals surface area (Å²) in [7, 11) is 0. The zero-order valence-electron chi connectivity index (χ0n) is 16.2. The summed E-state index contributed by atoms with van der Waals surface area (Å²) >= 11 is 0. The molecule has 0 amide bonds. The molecule has 6 heteroatoms. The topological polar surface area (TPSA) is 69.1 Å². The van der Waals surface area contributed by atoms with Gasteiger partial charge in [-0.15, -0.1) is 0 Å². The second kappa shape index (κ2) is 11.0. The summed E-state index contributed by atoms with van der Waals surface area (Å²) in [4.78, 5) is 7.35. The minimum atomic E-state index is 0.0155. The molecule has 0 spiro atoms. The van der Waals surface area contributed by atoms with Crippen LogP contribution < -0.4 is 10.6 Å². The van der Waals surface area contributed by atoms with E-state index in [1.807, 2.05) is 0 Å². The van der Waals surface area contributed by atoms with Crippen LogP contribution in [0.1, 0.15) is 46.0 Å². The standard InChI is InChI=1S/C19H38N4O2/c1-3-20-18(22-15-19(7-13-24)8-14-25-16-19)21-9-4-10-23-11-5-17(2)6-12-23/h17,24H,3-16H2,1-2H3,(H2,20,21,22). The Labute approximate surface area is 153 Å². The van der Waals surface area contributed by atoms with E-state index in [0.29, 0.717) is 13.2 Å². The predicted octanol–water partition coefficient (Wildman–Crippen LogP) is 1.45. The number of aliphatic hydroxyl groups excluding tert-OH is 1. The van der Waals surface area contributed by atoms with Crippen LogP contribution in [0, 0.1) is 11.3 Å². The molecule has 1 unspecified atom stereocenters. The van der Waals surface area contributed by atoms with Crippen LogP contribution in [0.15, 0.2) is 4.99 Å². The summed E-state index contributed by atoms with van der Waals surface area (Å²) in [5.74, 6) is 1.78. The third kappa shape index (κ3) is 7.12. The second-order valence-corrected chi connectivity index (χ2v) is 7.78. The van der Waals surface area contributed by atoms with Gasteiger partial charge in [0.15, 0.2) is 5.96 Å². The largest absolute Gasteiger partial charge is 0.396 e. The maximum Gasteiger partial charge on any atom is 0.191 e. The lowest BCUT2D eigenvalue weighted by atomic mass is 9.84. The quantitative estimate of drug-likeness (QED) is 0.332. The van der Waals surface area contributed by atoms with Gasteiger partial charge in [0, 0.05) is 31.7 Å². The van der Waals surface area contributed by atoms with E-state index in [0.717, 1.165) is 50.8 Å². The Hall–Kier alpha value is -0.850. The number of nitrogens with one attached hydrogen (secondary N) is 2. The molecule has 0 aromatic carbocycles. The van der Waals surface area contributed by atoms with Gasteiger partial charge in [0.25, 0.3) is 0 Å². The first-order valence-electron chi connectivity index (χ1n) is 10.1. The predicted molar refractivity (Wildman–Crippen MR) is 103 cm³/mol. The molecular weight excluding hydrogens is 316 g/mol. The number of hydrogen-bond donors (Lipinski definition) is 3. The highest BCUT2D eigenvalue weighted by Crippen LogP contribution is 2.32. The highest BCUT2D eigenvalue weighted by Gasteiger charge is 2.34. The normalized spacial score (nSPS) is 26.1. The van der Waals surface area contributed by atoms with E-state index < -0.39 is 0 Å². The summed E-state index contributed by atoms with van der Waals surface area (Å²) in [5.41, 5.74) is 0.0155. The molecule has 0 aromatic rings. The van der Waals surface area contributed by atoms with Crippen molar-refractivity contribution >= 4 is 5.96 Å². The molecule has 3 N–H and O–H groups in total. The van der Waals surface area contributed by atoms with Crippen molar-refractivity contribution in [3.8, 4) is 0 Å². The van der Waals surface area contributed by atoms with Crippen molar-refractivity contribution in [2.75, 3.05) is 59.1 Å².